The highest BCUT2D eigenvalue weighted by atomic mass is 15.2. The Balaban J connectivity index is 4.65. The predicted octanol–water partition coefficient (Wildman–Crippen LogP) is 3.75. The summed E-state index contributed by atoms with van der Waals surface area (Å²) in [6.07, 6.45) is 1.24. The molecule has 0 radical (unpaired) electrons. The first-order chi connectivity index (χ1) is 8.05. The van der Waals surface area contributed by atoms with Crippen molar-refractivity contribution in [3.8, 4) is 0 Å². The highest BCUT2D eigenvalue weighted by Crippen LogP contribution is 2.32. The van der Waals surface area contributed by atoms with Crippen molar-refractivity contribution in [3.63, 3.8) is 0 Å². The fourth-order valence-electron chi connectivity index (χ4n) is 1.92. The molecule has 0 aliphatic heterocycles. The first kappa shape index (κ1) is 17.9. The Kier molecular flexibility index (Phi) is 6.87. The number of hydrogen-bond acceptors (Lipinski definition) is 2. The largest absolute Gasteiger partial charge is 0.329 e. The average molecular weight is 256 g/mol. The molecule has 2 N–H and O–H groups in total. The number of nitrogens with two attached hydrogens (primary N) is 1. The van der Waals surface area contributed by atoms with Gasteiger partial charge in [0.15, 0.2) is 0 Å². The van der Waals surface area contributed by atoms with Gasteiger partial charge in [-0.05, 0) is 44.1 Å². The lowest BCUT2D eigenvalue weighted by atomic mass is 9.77. The third kappa shape index (κ3) is 4.89. The molecule has 0 fully saturated rings. The molecule has 0 saturated heterocycles. The predicted molar refractivity (Wildman–Crippen MR) is 82.8 cm³/mol. The molecule has 0 aromatic rings. The molecule has 2 heteroatoms. The summed E-state index contributed by atoms with van der Waals surface area (Å²) in [7, 11) is 0. The van der Waals surface area contributed by atoms with Crippen molar-refractivity contribution in [2.24, 2.45) is 23.0 Å². The molecule has 0 heterocycles. The van der Waals surface area contributed by atoms with E-state index >= 15 is 0 Å². The fourth-order valence-corrected chi connectivity index (χ4v) is 1.92. The van der Waals surface area contributed by atoms with E-state index in [0.717, 1.165) is 25.6 Å². The van der Waals surface area contributed by atoms with Crippen LogP contribution in [-0.2, 0) is 0 Å². The van der Waals surface area contributed by atoms with E-state index < -0.39 is 0 Å². The summed E-state index contributed by atoms with van der Waals surface area (Å²) in [5.41, 5.74) is 6.41. The Morgan fingerprint density at radius 3 is 1.72 bits per heavy atom. The summed E-state index contributed by atoms with van der Waals surface area (Å²) in [6.45, 7) is 21.6. The van der Waals surface area contributed by atoms with Crippen molar-refractivity contribution in [2.45, 2.75) is 67.3 Å². The van der Waals surface area contributed by atoms with Crippen LogP contribution in [0, 0.1) is 17.3 Å². The molecular weight excluding hydrogens is 220 g/mol. The van der Waals surface area contributed by atoms with Gasteiger partial charge in [-0.1, -0.05) is 41.5 Å². The summed E-state index contributed by atoms with van der Waals surface area (Å²) in [5, 5.41) is 0. The Hall–Kier alpha value is -0.0800. The van der Waals surface area contributed by atoms with Crippen molar-refractivity contribution in [1.29, 1.82) is 0 Å². The summed E-state index contributed by atoms with van der Waals surface area (Å²) in [4.78, 5) is 2.57. The van der Waals surface area contributed by atoms with Crippen molar-refractivity contribution in [1.82, 2.24) is 4.90 Å². The number of nitrogens with zero attached hydrogens (tertiary/aromatic N) is 1. The molecule has 0 rings (SSSR count). The zero-order valence-corrected chi connectivity index (χ0v) is 14.0. The SMILES string of the molecule is CC(C)C(C)(C)CCN(CCN)C(C)(C)C(C)C. The summed E-state index contributed by atoms with van der Waals surface area (Å²) in [5.74, 6) is 1.37. The second-order valence-electron chi connectivity index (χ2n) is 7.48. The average Bonchev–Trinajstić information content (AvgIpc) is 2.23. The van der Waals surface area contributed by atoms with E-state index in [1.807, 2.05) is 0 Å². The third-order valence-corrected chi connectivity index (χ3v) is 5.22. The van der Waals surface area contributed by atoms with Crippen LogP contribution in [0.4, 0.5) is 0 Å². The third-order valence-electron chi connectivity index (χ3n) is 5.22. The van der Waals surface area contributed by atoms with E-state index in [1.54, 1.807) is 0 Å². The molecule has 18 heavy (non-hydrogen) atoms. The number of hydrogen-bond donors (Lipinski definition) is 1. The van der Waals surface area contributed by atoms with Crippen LogP contribution in [0.1, 0.15) is 61.8 Å². The smallest absolute Gasteiger partial charge is 0.0176 e. The first-order valence-electron chi connectivity index (χ1n) is 7.50. The molecule has 2 nitrogen and oxygen atoms in total. The minimum Gasteiger partial charge on any atom is -0.329 e. The van der Waals surface area contributed by atoms with Gasteiger partial charge in [-0.3, -0.25) is 4.90 Å². The summed E-state index contributed by atoms with van der Waals surface area (Å²) in [6, 6.07) is 0. The van der Waals surface area contributed by atoms with Gasteiger partial charge in [0.1, 0.15) is 0 Å². The first-order valence-corrected chi connectivity index (χ1v) is 7.50. The molecule has 0 unspecified atom stereocenters. The molecule has 0 bridgehead atoms. The van der Waals surface area contributed by atoms with Crippen molar-refractivity contribution >= 4 is 0 Å². The van der Waals surface area contributed by atoms with Crippen molar-refractivity contribution < 1.29 is 0 Å². The van der Waals surface area contributed by atoms with E-state index in [4.69, 9.17) is 5.73 Å². The van der Waals surface area contributed by atoms with Gasteiger partial charge < -0.3 is 5.73 Å². The van der Waals surface area contributed by atoms with Crippen LogP contribution in [0.2, 0.25) is 0 Å². The fraction of sp³-hybridized carbons (Fsp3) is 1.00. The monoisotopic (exact) mass is 256 g/mol. The minimum atomic E-state index is 0.229. The van der Waals surface area contributed by atoms with E-state index in [0.29, 0.717) is 11.3 Å². The molecule has 0 aromatic heterocycles. The van der Waals surface area contributed by atoms with Crippen LogP contribution >= 0.6 is 0 Å². The Labute approximate surface area is 115 Å². The van der Waals surface area contributed by atoms with Gasteiger partial charge in [-0.25, -0.2) is 0 Å². The molecular formula is C16H36N2. The van der Waals surface area contributed by atoms with Gasteiger partial charge in [0.25, 0.3) is 0 Å². The lowest BCUT2D eigenvalue weighted by molar-refractivity contribution is 0.0595. The topological polar surface area (TPSA) is 29.3 Å². The normalized spacial score (nSPS) is 14.0. The molecule has 0 atom stereocenters. The molecule has 0 aromatic carbocycles. The van der Waals surface area contributed by atoms with Gasteiger partial charge in [0, 0.05) is 18.6 Å². The lowest BCUT2D eigenvalue weighted by Crippen LogP contribution is -2.51. The maximum atomic E-state index is 5.78. The van der Waals surface area contributed by atoms with Crippen LogP contribution in [-0.4, -0.2) is 30.1 Å². The quantitative estimate of drug-likeness (QED) is 0.716. The zero-order valence-electron chi connectivity index (χ0n) is 14.0. The Morgan fingerprint density at radius 1 is 0.889 bits per heavy atom. The van der Waals surface area contributed by atoms with Gasteiger partial charge in [0.05, 0.1) is 0 Å². The maximum absolute atomic E-state index is 5.78. The minimum absolute atomic E-state index is 0.229. The molecule has 110 valence electrons. The molecule has 0 aliphatic carbocycles. The van der Waals surface area contributed by atoms with Crippen LogP contribution < -0.4 is 5.73 Å². The van der Waals surface area contributed by atoms with E-state index in [1.165, 1.54) is 6.42 Å². The molecule has 0 spiro atoms. The van der Waals surface area contributed by atoms with Crippen LogP contribution in [0.15, 0.2) is 0 Å². The summed E-state index contributed by atoms with van der Waals surface area (Å²) >= 11 is 0. The Bertz CT molecular complexity index is 229. The second kappa shape index (κ2) is 6.91. The molecule has 0 saturated carbocycles. The van der Waals surface area contributed by atoms with Gasteiger partial charge >= 0.3 is 0 Å². The van der Waals surface area contributed by atoms with E-state index in [2.05, 4.69) is 60.3 Å². The van der Waals surface area contributed by atoms with Gasteiger partial charge in [0.2, 0.25) is 0 Å². The molecule has 0 amide bonds. The standard InChI is InChI=1S/C16H36N2/c1-13(2)15(5,6)9-11-18(12-10-17)16(7,8)14(3)4/h13-14H,9-12,17H2,1-8H3. The van der Waals surface area contributed by atoms with Crippen molar-refractivity contribution in [3.05, 3.63) is 0 Å². The van der Waals surface area contributed by atoms with Crippen LogP contribution in [0.3, 0.4) is 0 Å². The highest BCUT2D eigenvalue weighted by molar-refractivity contribution is 4.86. The van der Waals surface area contributed by atoms with Crippen molar-refractivity contribution in [2.75, 3.05) is 19.6 Å². The van der Waals surface area contributed by atoms with E-state index in [-0.39, 0.29) is 5.54 Å². The zero-order chi connectivity index (χ0) is 14.6. The van der Waals surface area contributed by atoms with Crippen LogP contribution in [0.25, 0.3) is 0 Å². The second-order valence-corrected chi connectivity index (χ2v) is 7.48. The van der Waals surface area contributed by atoms with Gasteiger partial charge in [-0.2, -0.15) is 0 Å². The van der Waals surface area contributed by atoms with Gasteiger partial charge in [-0.15, -0.1) is 0 Å². The van der Waals surface area contributed by atoms with E-state index in [9.17, 15) is 0 Å². The summed E-state index contributed by atoms with van der Waals surface area (Å²) < 4.78 is 0. The number of rotatable bonds is 8. The highest BCUT2D eigenvalue weighted by Gasteiger charge is 2.31. The van der Waals surface area contributed by atoms with Crippen LogP contribution in [0.5, 0.6) is 0 Å². The lowest BCUT2D eigenvalue weighted by Gasteiger charge is -2.43. The molecule has 0 aliphatic rings. The maximum Gasteiger partial charge on any atom is 0.0176 e. The Morgan fingerprint density at radius 2 is 1.39 bits per heavy atom.